The van der Waals surface area contributed by atoms with Crippen molar-refractivity contribution in [3.8, 4) is 11.5 Å². The second-order valence-electron chi connectivity index (χ2n) is 9.06. The predicted octanol–water partition coefficient (Wildman–Crippen LogP) is 7.44. The normalized spacial score (nSPS) is 14.5. The minimum Gasteiger partial charge on any atom is -0.495 e. The first-order chi connectivity index (χ1) is 18.9. The van der Waals surface area contributed by atoms with Gasteiger partial charge in [-0.15, -0.1) is 0 Å². The van der Waals surface area contributed by atoms with Crippen molar-refractivity contribution in [1.82, 2.24) is 0 Å². The minimum absolute atomic E-state index is 0.0256. The molecule has 1 aliphatic rings. The van der Waals surface area contributed by atoms with E-state index in [1.165, 1.54) is 12.0 Å². The quantitative estimate of drug-likeness (QED) is 0.217. The van der Waals surface area contributed by atoms with Crippen molar-refractivity contribution in [1.29, 1.82) is 0 Å². The van der Waals surface area contributed by atoms with E-state index in [1.54, 1.807) is 36.4 Å². The Morgan fingerprint density at radius 2 is 1.72 bits per heavy atom. The highest BCUT2D eigenvalue weighted by molar-refractivity contribution is 6.32. The Morgan fingerprint density at radius 1 is 0.897 bits per heavy atom. The van der Waals surface area contributed by atoms with Gasteiger partial charge in [0.25, 0.3) is 5.91 Å². The molecule has 6 rings (SSSR count). The molecule has 1 aromatic heterocycles. The first-order valence-electron chi connectivity index (χ1n) is 12.1. The lowest BCUT2D eigenvalue weighted by Gasteiger charge is -2.26. The lowest BCUT2D eigenvalue weighted by atomic mass is 9.98. The van der Waals surface area contributed by atoms with E-state index in [1.807, 2.05) is 54.6 Å². The number of hydrogen-bond acceptors (Lipinski definition) is 5. The summed E-state index contributed by atoms with van der Waals surface area (Å²) in [5.41, 5.74) is 2.35. The highest BCUT2D eigenvalue weighted by atomic mass is 35.5. The number of rotatable bonds is 6. The maximum atomic E-state index is 13.9. The molecular weight excluding hydrogens is 537 g/mol. The van der Waals surface area contributed by atoms with E-state index in [2.05, 4.69) is 0 Å². The minimum atomic E-state index is -0.795. The Bertz CT molecular complexity index is 1780. The summed E-state index contributed by atoms with van der Waals surface area (Å²) < 4.78 is 17.4. The molecule has 0 bridgehead atoms. The molecule has 0 radical (unpaired) electrons. The third-order valence-corrected chi connectivity index (χ3v) is 7.20. The summed E-state index contributed by atoms with van der Waals surface area (Å²) in [7, 11) is 1.51. The molecule has 0 spiro atoms. The number of anilines is 1. The zero-order chi connectivity index (χ0) is 27.1. The van der Waals surface area contributed by atoms with Crippen LogP contribution in [0.25, 0.3) is 11.0 Å². The number of hydrogen-bond donors (Lipinski definition) is 0. The topological polar surface area (TPSA) is 69.0 Å². The fraction of sp³-hybridized carbons (Fsp3) is 0.0968. The van der Waals surface area contributed by atoms with E-state index in [0.29, 0.717) is 44.8 Å². The molecule has 1 unspecified atom stereocenters. The van der Waals surface area contributed by atoms with Gasteiger partial charge in [0.2, 0.25) is 5.76 Å². The molecule has 0 aliphatic carbocycles. The summed E-state index contributed by atoms with van der Waals surface area (Å²) in [5.74, 6) is 0.577. The van der Waals surface area contributed by atoms with Gasteiger partial charge in [-0.2, -0.15) is 0 Å². The van der Waals surface area contributed by atoms with Crippen LogP contribution in [-0.2, 0) is 6.61 Å². The van der Waals surface area contributed by atoms with Crippen LogP contribution in [0.2, 0.25) is 10.0 Å². The largest absolute Gasteiger partial charge is 0.495 e. The van der Waals surface area contributed by atoms with Crippen LogP contribution >= 0.6 is 23.2 Å². The average molecular weight is 558 g/mol. The maximum Gasteiger partial charge on any atom is 0.295 e. The second kappa shape index (κ2) is 10.1. The van der Waals surface area contributed by atoms with Crippen molar-refractivity contribution >= 4 is 45.8 Å². The number of benzene rings is 4. The predicted molar refractivity (Wildman–Crippen MR) is 151 cm³/mol. The summed E-state index contributed by atoms with van der Waals surface area (Å²) in [6, 6.07) is 26.1. The monoisotopic (exact) mass is 557 g/mol. The SMILES string of the molecule is COc1ccc(N2C(=O)c3oc4ccc(Cl)cc4c(=O)c3C2c2cccc(OCc3ccccc3)c2)cc1Cl. The molecule has 5 aromatic rings. The maximum absolute atomic E-state index is 13.9. The molecule has 1 atom stereocenters. The number of ether oxygens (including phenoxy) is 2. The van der Waals surface area contributed by atoms with Crippen LogP contribution in [-0.4, -0.2) is 13.0 Å². The van der Waals surface area contributed by atoms with Gasteiger partial charge in [0.1, 0.15) is 23.7 Å². The van der Waals surface area contributed by atoms with Crippen molar-refractivity contribution in [2.45, 2.75) is 12.6 Å². The van der Waals surface area contributed by atoms with E-state index >= 15 is 0 Å². The molecule has 0 fully saturated rings. The fourth-order valence-electron chi connectivity index (χ4n) is 4.85. The second-order valence-corrected chi connectivity index (χ2v) is 9.90. The van der Waals surface area contributed by atoms with Gasteiger partial charge < -0.3 is 13.9 Å². The highest BCUT2D eigenvalue weighted by Gasteiger charge is 2.44. The Morgan fingerprint density at radius 3 is 2.49 bits per heavy atom. The van der Waals surface area contributed by atoms with Gasteiger partial charge in [-0.1, -0.05) is 65.7 Å². The lowest BCUT2D eigenvalue weighted by molar-refractivity contribution is 0.0971. The first kappa shape index (κ1) is 25.0. The van der Waals surface area contributed by atoms with E-state index in [4.69, 9.17) is 37.1 Å². The lowest BCUT2D eigenvalue weighted by Crippen LogP contribution is -2.29. The number of fused-ring (bicyclic) bond motifs is 2. The van der Waals surface area contributed by atoms with Gasteiger partial charge in [-0.05, 0) is 59.7 Å². The average Bonchev–Trinajstić information content (AvgIpc) is 3.25. The van der Waals surface area contributed by atoms with Gasteiger partial charge in [0, 0.05) is 10.7 Å². The summed E-state index contributed by atoms with van der Waals surface area (Å²) in [6.45, 7) is 0.369. The molecule has 2 heterocycles. The smallest absolute Gasteiger partial charge is 0.295 e. The van der Waals surface area contributed by atoms with Crippen LogP contribution in [0.3, 0.4) is 0 Å². The number of carbonyl (C=O) groups excluding carboxylic acids is 1. The standard InChI is InChI=1S/C31H21Cl2NO5/c1-37-26-13-11-21(16-24(26)33)34-28(19-8-5-9-22(14-19)38-17-18-6-3-2-4-7-18)27-29(35)23-15-20(32)10-12-25(23)39-30(27)31(34)36/h2-16,28H,17H2,1H3. The molecular formula is C31H21Cl2NO5. The summed E-state index contributed by atoms with van der Waals surface area (Å²) in [4.78, 5) is 29.2. The van der Waals surface area contributed by atoms with Gasteiger partial charge in [-0.3, -0.25) is 14.5 Å². The van der Waals surface area contributed by atoms with Crippen LogP contribution in [0.4, 0.5) is 5.69 Å². The zero-order valence-electron chi connectivity index (χ0n) is 20.7. The van der Waals surface area contributed by atoms with Gasteiger partial charge >= 0.3 is 0 Å². The zero-order valence-corrected chi connectivity index (χ0v) is 22.2. The van der Waals surface area contributed by atoms with E-state index in [0.717, 1.165) is 5.56 Å². The molecule has 1 aliphatic heterocycles. The van der Waals surface area contributed by atoms with E-state index in [9.17, 15) is 9.59 Å². The highest BCUT2D eigenvalue weighted by Crippen LogP contribution is 2.43. The van der Waals surface area contributed by atoms with Crippen molar-refractivity contribution in [3.05, 3.63) is 134 Å². The van der Waals surface area contributed by atoms with Crippen molar-refractivity contribution < 1.29 is 18.7 Å². The van der Waals surface area contributed by atoms with Gasteiger partial charge in [0.15, 0.2) is 5.43 Å². The molecule has 39 heavy (non-hydrogen) atoms. The summed E-state index contributed by atoms with van der Waals surface area (Å²) >= 11 is 12.6. The first-order valence-corrected chi connectivity index (χ1v) is 12.9. The van der Waals surface area contributed by atoms with Crippen LogP contribution < -0.4 is 19.8 Å². The third kappa shape index (κ3) is 4.52. The fourth-order valence-corrected chi connectivity index (χ4v) is 5.27. The van der Waals surface area contributed by atoms with Crippen molar-refractivity contribution in [3.63, 3.8) is 0 Å². The Balaban J connectivity index is 1.50. The molecule has 0 N–H and O–H groups in total. The van der Waals surface area contributed by atoms with E-state index in [-0.39, 0.29) is 22.3 Å². The van der Waals surface area contributed by atoms with Crippen molar-refractivity contribution in [2.75, 3.05) is 12.0 Å². The number of nitrogens with zero attached hydrogens (tertiary/aromatic N) is 1. The van der Waals surface area contributed by atoms with E-state index < -0.39 is 11.9 Å². The Hall–Kier alpha value is -4.26. The van der Waals surface area contributed by atoms with Gasteiger partial charge in [-0.25, -0.2) is 0 Å². The molecule has 6 nitrogen and oxygen atoms in total. The summed E-state index contributed by atoms with van der Waals surface area (Å²) in [6.07, 6.45) is 0. The van der Waals surface area contributed by atoms with Crippen LogP contribution in [0.1, 0.15) is 33.3 Å². The summed E-state index contributed by atoms with van der Waals surface area (Å²) in [5, 5.41) is 1.02. The number of amides is 1. The van der Waals surface area contributed by atoms with Crippen LogP contribution in [0.5, 0.6) is 11.5 Å². The van der Waals surface area contributed by atoms with Crippen LogP contribution in [0, 0.1) is 0 Å². The number of methoxy groups -OCH3 is 1. The van der Waals surface area contributed by atoms with Gasteiger partial charge in [0.05, 0.1) is 29.1 Å². The van der Waals surface area contributed by atoms with Crippen molar-refractivity contribution in [2.24, 2.45) is 0 Å². The Labute approximate surface area is 233 Å². The third-order valence-electron chi connectivity index (χ3n) is 6.67. The molecule has 0 saturated carbocycles. The van der Waals surface area contributed by atoms with Crippen LogP contribution in [0.15, 0.2) is 100 Å². The Kier molecular flexibility index (Phi) is 6.51. The molecule has 8 heteroatoms. The molecule has 0 saturated heterocycles. The number of carbonyl (C=O) groups is 1. The molecule has 1 amide bonds. The number of halogens is 2. The molecule has 4 aromatic carbocycles. The molecule has 194 valence electrons.